The van der Waals surface area contributed by atoms with Crippen LogP contribution in [0.25, 0.3) is 5.57 Å². The van der Waals surface area contributed by atoms with Crippen LogP contribution in [0.15, 0.2) is 60.1 Å². The van der Waals surface area contributed by atoms with E-state index in [1.54, 1.807) is 12.3 Å². The second-order valence-electron chi connectivity index (χ2n) is 8.67. The van der Waals surface area contributed by atoms with Crippen molar-refractivity contribution in [2.24, 2.45) is 0 Å². The molecule has 1 saturated heterocycles. The molecule has 1 aromatic carbocycles. The van der Waals surface area contributed by atoms with E-state index in [0.717, 1.165) is 65.6 Å². The number of rotatable bonds is 5. The minimum atomic E-state index is -0.305. The zero-order valence-corrected chi connectivity index (χ0v) is 19.1. The topological polar surface area (TPSA) is 88.0 Å². The van der Waals surface area contributed by atoms with Gasteiger partial charge in [0.1, 0.15) is 6.17 Å². The smallest absolute Gasteiger partial charge is 0.255 e. The van der Waals surface area contributed by atoms with Gasteiger partial charge in [-0.25, -0.2) is 0 Å². The van der Waals surface area contributed by atoms with Crippen molar-refractivity contribution >= 4 is 22.6 Å². The van der Waals surface area contributed by atoms with Gasteiger partial charge in [-0.1, -0.05) is 18.7 Å². The van der Waals surface area contributed by atoms with Crippen molar-refractivity contribution in [2.45, 2.75) is 20.0 Å². The number of aromatic nitrogens is 2. The van der Waals surface area contributed by atoms with E-state index >= 15 is 0 Å². The summed E-state index contributed by atoms with van der Waals surface area (Å²) in [6.07, 6.45) is 5.23. The summed E-state index contributed by atoms with van der Waals surface area (Å²) in [5.41, 5.74) is 8.97. The van der Waals surface area contributed by atoms with E-state index in [1.165, 1.54) is 5.69 Å². The first-order valence-electron chi connectivity index (χ1n) is 11.4. The summed E-state index contributed by atoms with van der Waals surface area (Å²) in [6, 6.07) is 10.5. The standard InChI is InChI=1S/C26H30N6O/c1-4-5-20(21-12-16(2)29-17(21)3)18-13-22(26(33)28-15-18)25-30-23-7-6-19(14-24(23)31-25)32-10-8-27-9-11-32/h4-7,12-15,25,27,29-31H,1,8-11H2,2-3H3,(H,28,33)/b20-5-. The van der Waals surface area contributed by atoms with Gasteiger partial charge >= 0.3 is 0 Å². The van der Waals surface area contributed by atoms with Gasteiger partial charge in [-0.2, -0.15) is 0 Å². The molecule has 170 valence electrons. The number of aryl methyl sites for hydroxylation is 2. The molecule has 0 radical (unpaired) electrons. The average molecular weight is 443 g/mol. The van der Waals surface area contributed by atoms with Gasteiger partial charge in [0.2, 0.25) is 0 Å². The normalized spacial score (nSPS) is 17.9. The van der Waals surface area contributed by atoms with Crippen LogP contribution >= 0.6 is 0 Å². The Balaban J connectivity index is 1.45. The van der Waals surface area contributed by atoms with Gasteiger partial charge in [0.05, 0.1) is 16.9 Å². The summed E-state index contributed by atoms with van der Waals surface area (Å²) in [7, 11) is 0. The van der Waals surface area contributed by atoms with Crippen LogP contribution in [0.5, 0.6) is 0 Å². The van der Waals surface area contributed by atoms with Crippen molar-refractivity contribution in [2.75, 3.05) is 41.7 Å². The Hall–Kier alpha value is -3.71. The monoisotopic (exact) mass is 442 g/mol. The van der Waals surface area contributed by atoms with Gasteiger partial charge in [-0.15, -0.1) is 0 Å². The fourth-order valence-corrected chi connectivity index (χ4v) is 4.73. The Morgan fingerprint density at radius 3 is 2.61 bits per heavy atom. The van der Waals surface area contributed by atoms with Crippen molar-refractivity contribution < 1.29 is 0 Å². The lowest BCUT2D eigenvalue weighted by Crippen LogP contribution is -2.43. The number of anilines is 3. The van der Waals surface area contributed by atoms with E-state index in [4.69, 9.17) is 0 Å². The summed E-state index contributed by atoms with van der Waals surface area (Å²) < 4.78 is 0. The fraction of sp³-hybridized carbons (Fsp3) is 0.269. The highest BCUT2D eigenvalue weighted by molar-refractivity contribution is 5.83. The molecule has 1 fully saturated rings. The lowest BCUT2D eigenvalue weighted by molar-refractivity contribution is 0.589. The zero-order valence-electron chi connectivity index (χ0n) is 19.1. The first-order chi connectivity index (χ1) is 16.0. The minimum Gasteiger partial charge on any atom is -0.369 e. The summed E-state index contributed by atoms with van der Waals surface area (Å²) in [5, 5.41) is 10.4. The summed E-state index contributed by atoms with van der Waals surface area (Å²) in [6.45, 7) is 12.0. The second-order valence-corrected chi connectivity index (χ2v) is 8.67. The predicted octanol–water partition coefficient (Wildman–Crippen LogP) is 3.88. The fourth-order valence-electron chi connectivity index (χ4n) is 4.73. The Morgan fingerprint density at radius 2 is 1.88 bits per heavy atom. The molecule has 4 heterocycles. The number of hydrogen-bond acceptors (Lipinski definition) is 5. The van der Waals surface area contributed by atoms with Crippen molar-refractivity contribution in [1.82, 2.24) is 15.3 Å². The van der Waals surface area contributed by atoms with Crippen LogP contribution < -0.4 is 26.4 Å². The Morgan fingerprint density at radius 1 is 1.09 bits per heavy atom. The highest BCUT2D eigenvalue weighted by atomic mass is 16.1. The van der Waals surface area contributed by atoms with Crippen LogP contribution in [0.2, 0.25) is 0 Å². The number of benzene rings is 1. The number of nitrogens with zero attached hydrogens (tertiary/aromatic N) is 1. The minimum absolute atomic E-state index is 0.112. The number of piperazine rings is 1. The zero-order chi connectivity index (χ0) is 22.9. The van der Waals surface area contributed by atoms with Gasteiger partial charge in [0, 0.05) is 55.0 Å². The molecule has 2 aliphatic rings. The molecule has 0 amide bonds. The lowest BCUT2D eigenvalue weighted by atomic mass is 9.97. The van der Waals surface area contributed by atoms with Crippen molar-refractivity contribution in [1.29, 1.82) is 0 Å². The molecule has 5 rings (SSSR count). The van der Waals surface area contributed by atoms with Gasteiger partial charge in [-0.3, -0.25) is 4.79 Å². The Labute approximate surface area is 193 Å². The summed E-state index contributed by atoms with van der Waals surface area (Å²) in [5.74, 6) is 0. The van der Waals surface area contributed by atoms with Gasteiger partial charge in [0.25, 0.3) is 5.56 Å². The average Bonchev–Trinajstić information content (AvgIpc) is 3.40. The number of fused-ring (bicyclic) bond motifs is 1. The van der Waals surface area contributed by atoms with E-state index in [-0.39, 0.29) is 11.7 Å². The molecule has 2 aliphatic heterocycles. The number of pyridine rings is 1. The molecule has 33 heavy (non-hydrogen) atoms. The third kappa shape index (κ3) is 4.07. The van der Waals surface area contributed by atoms with Crippen LogP contribution in [-0.2, 0) is 0 Å². The molecular formula is C26H30N6O. The van der Waals surface area contributed by atoms with Crippen molar-refractivity contribution in [3.63, 3.8) is 0 Å². The SMILES string of the molecule is C=C/C=C(/c1c[nH]c(=O)c(C2Nc3ccc(N4CCNCC4)cc3N2)c1)c1cc(C)[nH]c1C. The number of nitrogens with one attached hydrogen (secondary N) is 5. The van der Waals surface area contributed by atoms with Crippen LogP contribution in [0.1, 0.15) is 34.2 Å². The molecule has 0 bridgehead atoms. The quantitative estimate of drug-likeness (QED) is 0.387. The second kappa shape index (κ2) is 8.67. The predicted molar refractivity (Wildman–Crippen MR) is 136 cm³/mol. The first-order valence-corrected chi connectivity index (χ1v) is 11.4. The summed E-state index contributed by atoms with van der Waals surface area (Å²) >= 11 is 0. The summed E-state index contributed by atoms with van der Waals surface area (Å²) in [4.78, 5) is 21.5. The molecular weight excluding hydrogens is 412 g/mol. The molecule has 1 unspecified atom stereocenters. The van der Waals surface area contributed by atoms with E-state index in [0.29, 0.717) is 5.56 Å². The van der Waals surface area contributed by atoms with Crippen molar-refractivity contribution in [3.05, 3.63) is 93.7 Å². The van der Waals surface area contributed by atoms with Gasteiger partial charge < -0.3 is 30.8 Å². The van der Waals surface area contributed by atoms with Crippen LogP contribution in [-0.4, -0.2) is 36.1 Å². The third-order valence-electron chi connectivity index (χ3n) is 6.36. The van der Waals surface area contributed by atoms with Crippen molar-refractivity contribution in [3.8, 4) is 0 Å². The first kappa shape index (κ1) is 21.2. The largest absolute Gasteiger partial charge is 0.369 e. The molecule has 7 nitrogen and oxygen atoms in total. The van der Waals surface area contributed by atoms with E-state index in [2.05, 4.69) is 68.6 Å². The maximum Gasteiger partial charge on any atom is 0.255 e. The van der Waals surface area contributed by atoms with Gasteiger partial charge in [0.15, 0.2) is 0 Å². The highest BCUT2D eigenvalue weighted by Gasteiger charge is 2.25. The molecule has 3 aromatic rings. The highest BCUT2D eigenvalue weighted by Crippen LogP contribution is 2.38. The molecule has 2 aromatic heterocycles. The number of allylic oxidation sites excluding steroid dienone is 2. The maximum absolute atomic E-state index is 12.8. The van der Waals surface area contributed by atoms with Gasteiger partial charge in [-0.05, 0) is 55.3 Å². The number of H-pyrrole nitrogens is 2. The molecule has 0 spiro atoms. The molecule has 7 heteroatoms. The van der Waals surface area contributed by atoms with Crippen LogP contribution in [0, 0.1) is 13.8 Å². The van der Waals surface area contributed by atoms with E-state index in [9.17, 15) is 4.79 Å². The Bertz CT molecular complexity index is 1280. The molecule has 0 aliphatic carbocycles. The van der Waals surface area contributed by atoms with Crippen LogP contribution in [0.4, 0.5) is 17.1 Å². The Kier molecular flexibility index (Phi) is 5.56. The van der Waals surface area contributed by atoms with Crippen LogP contribution in [0.3, 0.4) is 0 Å². The molecule has 1 atom stereocenters. The lowest BCUT2D eigenvalue weighted by Gasteiger charge is -2.29. The van der Waals surface area contributed by atoms with E-state index in [1.807, 2.05) is 19.1 Å². The number of hydrogen-bond donors (Lipinski definition) is 5. The molecule has 5 N–H and O–H groups in total. The number of aromatic amines is 2. The maximum atomic E-state index is 12.8. The third-order valence-corrected chi connectivity index (χ3v) is 6.36. The van der Waals surface area contributed by atoms with E-state index < -0.39 is 0 Å². The molecule has 0 saturated carbocycles.